The molecule has 0 fully saturated rings. The van der Waals surface area contributed by atoms with Crippen LogP contribution in [-0.4, -0.2) is 33.4 Å². The van der Waals surface area contributed by atoms with Crippen LogP contribution >= 0.6 is 15.9 Å². The van der Waals surface area contributed by atoms with Gasteiger partial charge in [-0.1, -0.05) is 15.9 Å². The minimum Gasteiger partial charge on any atom is -0.361 e. The predicted molar refractivity (Wildman–Crippen MR) is 131 cm³/mol. The summed E-state index contributed by atoms with van der Waals surface area (Å²) in [6.07, 6.45) is 2.40. The number of fused-ring (bicyclic) bond motifs is 1. The number of amides is 1. The van der Waals surface area contributed by atoms with Crippen molar-refractivity contribution in [2.24, 2.45) is 4.99 Å². The minimum absolute atomic E-state index is 0.235. The predicted octanol–water partition coefficient (Wildman–Crippen LogP) is 4.92. The molecule has 0 aliphatic carbocycles. The third-order valence-corrected chi connectivity index (χ3v) is 5.46. The smallest absolute Gasteiger partial charge is 0.257 e. The first-order valence-corrected chi connectivity index (χ1v) is 11.1. The number of H-pyrrole nitrogens is 1. The molecule has 4 aromatic rings. The van der Waals surface area contributed by atoms with Crippen molar-refractivity contribution in [2.45, 2.75) is 20.3 Å². The molecule has 33 heavy (non-hydrogen) atoms. The van der Waals surface area contributed by atoms with Crippen LogP contribution in [0.3, 0.4) is 0 Å². The zero-order valence-corrected chi connectivity index (χ0v) is 19.7. The quantitative estimate of drug-likeness (QED) is 0.263. The molecular formula is C24H22BrFN6O. The van der Waals surface area contributed by atoms with Crippen LogP contribution in [0.4, 0.5) is 10.3 Å². The number of aromatic nitrogens is 3. The number of nitrogens with zero attached hydrogens (tertiary/aromatic N) is 3. The van der Waals surface area contributed by atoms with Crippen LogP contribution < -0.4 is 10.6 Å². The number of rotatable bonds is 5. The molecule has 0 bridgehead atoms. The van der Waals surface area contributed by atoms with Crippen molar-refractivity contribution in [3.8, 4) is 0 Å². The second kappa shape index (κ2) is 9.91. The van der Waals surface area contributed by atoms with E-state index in [4.69, 9.17) is 0 Å². The lowest BCUT2D eigenvalue weighted by Gasteiger charge is -2.12. The van der Waals surface area contributed by atoms with E-state index in [0.717, 1.165) is 32.3 Å². The Morgan fingerprint density at radius 2 is 1.82 bits per heavy atom. The Balaban J connectivity index is 1.55. The third-order valence-electron chi connectivity index (χ3n) is 4.93. The highest BCUT2D eigenvalue weighted by Gasteiger charge is 2.12. The van der Waals surface area contributed by atoms with Crippen molar-refractivity contribution >= 4 is 44.6 Å². The van der Waals surface area contributed by atoms with Gasteiger partial charge in [-0.25, -0.2) is 14.4 Å². The fourth-order valence-electron chi connectivity index (χ4n) is 3.42. The zero-order valence-electron chi connectivity index (χ0n) is 18.1. The van der Waals surface area contributed by atoms with Gasteiger partial charge in [0.2, 0.25) is 11.9 Å². The lowest BCUT2D eigenvalue weighted by molar-refractivity contribution is 0.0977. The summed E-state index contributed by atoms with van der Waals surface area (Å²) < 4.78 is 14.5. The highest BCUT2D eigenvalue weighted by atomic mass is 79.9. The van der Waals surface area contributed by atoms with Crippen LogP contribution in [0.1, 0.15) is 27.3 Å². The summed E-state index contributed by atoms with van der Waals surface area (Å²) in [6.45, 7) is 4.09. The largest absolute Gasteiger partial charge is 0.361 e. The first kappa shape index (κ1) is 22.6. The standard InChI is InChI=1S/C24H22BrFN6O/c1-14-11-15(2)30-24(29-14)32-23(31-22(33)16-3-5-18(25)6-4-16)27-10-9-17-13-28-21-8-7-19(26)12-20(17)21/h3-8,11-13,28H,9-10H2,1-2H3,(H2,27,29,30,31,32,33). The monoisotopic (exact) mass is 508 g/mol. The first-order valence-electron chi connectivity index (χ1n) is 10.3. The van der Waals surface area contributed by atoms with E-state index in [0.29, 0.717) is 24.5 Å². The Morgan fingerprint density at radius 3 is 2.55 bits per heavy atom. The molecule has 3 N–H and O–H groups in total. The number of benzene rings is 2. The van der Waals surface area contributed by atoms with Gasteiger partial charge in [0.1, 0.15) is 5.82 Å². The SMILES string of the molecule is Cc1cc(C)nc(NC(=NCCc2c[nH]c3ccc(F)cc23)NC(=O)c2ccc(Br)cc2)n1. The molecule has 0 spiro atoms. The molecule has 0 aliphatic rings. The van der Waals surface area contributed by atoms with E-state index in [9.17, 15) is 9.18 Å². The van der Waals surface area contributed by atoms with Gasteiger partial charge >= 0.3 is 0 Å². The Morgan fingerprint density at radius 1 is 1.09 bits per heavy atom. The van der Waals surface area contributed by atoms with Gasteiger partial charge in [0.25, 0.3) is 5.91 Å². The topological polar surface area (TPSA) is 95.1 Å². The highest BCUT2D eigenvalue weighted by molar-refractivity contribution is 9.10. The van der Waals surface area contributed by atoms with Crippen LogP contribution in [0.25, 0.3) is 10.9 Å². The average Bonchev–Trinajstić information content (AvgIpc) is 3.15. The summed E-state index contributed by atoms with van der Waals surface area (Å²) in [7, 11) is 0. The van der Waals surface area contributed by atoms with Gasteiger partial charge < -0.3 is 4.98 Å². The van der Waals surface area contributed by atoms with Gasteiger partial charge in [0, 0.05) is 45.1 Å². The molecule has 0 saturated heterocycles. The summed E-state index contributed by atoms with van der Waals surface area (Å²) in [6, 6.07) is 13.5. The number of nitrogens with one attached hydrogen (secondary N) is 3. The Labute approximate surface area is 198 Å². The molecule has 0 aliphatic heterocycles. The molecule has 1 amide bonds. The van der Waals surface area contributed by atoms with Gasteiger partial charge in [-0.05, 0) is 74.4 Å². The Kier molecular flexibility index (Phi) is 6.79. The second-order valence-electron chi connectivity index (χ2n) is 7.54. The highest BCUT2D eigenvalue weighted by Crippen LogP contribution is 2.20. The maximum Gasteiger partial charge on any atom is 0.257 e. The fourth-order valence-corrected chi connectivity index (χ4v) is 3.69. The number of hydrogen-bond donors (Lipinski definition) is 3. The van der Waals surface area contributed by atoms with Crippen LogP contribution in [0.5, 0.6) is 0 Å². The molecule has 0 unspecified atom stereocenters. The maximum atomic E-state index is 13.7. The van der Waals surface area contributed by atoms with Crippen molar-refractivity contribution in [3.63, 3.8) is 0 Å². The molecule has 2 aromatic carbocycles. The summed E-state index contributed by atoms with van der Waals surface area (Å²) in [5, 5.41) is 6.64. The number of aryl methyl sites for hydroxylation is 2. The molecule has 168 valence electrons. The Bertz CT molecular complexity index is 1310. The van der Waals surface area contributed by atoms with Crippen LogP contribution in [0.2, 0.25) is 0 Å². The van der Waals surface area contributed by atoms with E-state index in [-0.39, 0.29) is 17.7 Å². The lowest BCUT2D eigenvalue weighted by atomic mass is 10.1. The fraction of sp³-hybridized carbons (Fsp3) is 0.167. The van der Waals surface area contributed by atoms with Crippen LogP contribution in [-0.2, 0) is 6.42 Å². The van der Waals surface area contributed by atoms with E-state index in [1.54, 1.807) is 30.3 Å². The van der Waals surface area contributed by atoms with E-state index < -0.39 is 0 Å². The van der Waals surface area contributed by atoms with Gasteiger partial charge in [0.05, 0.1) is 0 Å². The van der Waals surface area contributed by atoms with E-state index >= 15 is 0 Å². The average molecular weight is 509 g/mol. The molecule has 0 atom stereocenters. The van der Waals surface area contributed by atoms with Crippen molar-refractivity contribution in [2.75, 3.05) is 11.9 Å². The maximum absolute atomic E-state index is 13.7. The van der Waals surface area contributed by atoms with Gasteiger partial charge in [-0.2, -0.15) is 0 Å². The van der Waals surface area contributed by atoms with E-state index in [1.165, 1.54) is 12.1 Å². The molecule has 4 rings (SSSR count). The summed E-state index contributed by atoms with van der Waals surface area (Å²) in [5.74, 6) is -0.0225. The minimum atomic E-state index is -0.313. The van der Waals surface area contributed by atoms with Crippen molar-refractivity contribution < 1.29 is 9.18 Å². The third kappa shape index (κ3) is 5.81. The summed E-state index contributed by atoms with van der Waals surface area (Å²) in [4.78, 5) is 29.2. The molecule has 7 nitrogen and oxygen atoms in total. The molecule has 0 radical (unpaired) electrons. The molecule has 0 saturated carbocycles. The van der Waals surface area contributed by atoms with Crippen molar-refractivity contribution in [3.05, 3.63) is 87.5 Å². The van der Waals surface area contributed by atoms with Crippen molar-refractivity contribution in [1.29, 1.82) is 0 Å². The molecule has 2 heterocycles. The van der Waals surface area contributed by atoms with Crippen LogP contribution in [0, 0.1) is 19.7 Å². The number of guanidine groups is 1. The van der Waals surface area contributed by atoms with Crippen molar-refractivity contribution in [1.82, 2.24) is 20.3 Å². The lowest BCUT2D eigenvalue weighted by Crippen LogP contribution is -2.37. The number of anilines is 1. The zero-order chi connectivity index (χ0) is 23.4. The first-order chi connectivity index (χ1) is 15.9. The second-order valence-corrected chi connectivity index (χ2v) is 8.46. The van der Waals surface area contributed by atoms with E-state index in [2.05, 4.69) is 46.5 Å². The summed E-state index contributed by atoms with van der Waals surface area (Å²) in [5.41, 5.74) is 3.88. The molecule has 2 aromatic heterocycles. The Hall–Kier alpha value is -3.59. The summed E-state index contributed by atoms with van der Waals surface area (Å²) >= 11 is 3.37. The van der Waals surface area contributed by atoms with Gasteiger partial charge in [-0.3, -0.25) is 20.4 Å². The number of carbonyl (C=O) groups excluding carboxylic acids is 1. The molecular weight excluding hydrogens is 487 g/mol. The number of hydrogen-bond acceptors (Lipinski definition) is 4. The number of carbonyl (C=O) groups is 1. The van der Waals surface area contributed by atoms with Gasteiger partial charge in [-0.15, -0.1) is 0 Å². The van der Waals surface area contributed by atoms with Gasteiger partial charge in [0.15, 0.2) is 0 Å². The molecule has 9 heteroatoms. The van der Waals surface area contributed by atoms with E-state index in [1.807, 2.05) is 26.1 Å². The number of aromatic amines is 1. The number of halogens is 2. The normalized spacial score (nSPS) is 11.6. The van der Waals surface area contributed by atoms with Crippen LogP contribution in [0.15, 0.2) is 64.2 Å². The number of aliphatic imine (C=N–C) groups is 1.